The van der Waals surface area contributed by atoms with Gasteiger partial charge in [-0.1, -0.05) is 24.6 Å². The second kappa shape index (κ2) is 9.02. The molecule has 184 valence electrons. The molecule has 0 aromatic heterocycles. The van der Waals surface area contributed by atoms with Gasteiger partial charge in [0.2, 0.25) is 0 Å². The molecule has 4 rings (SSSR count). The maximum atomic E-state index is 12.0. The van der Waals surface area contributed by atoms with Gasteiger partial charge in [0.15, 0.2) is 12.6 Å². The molecule has 1 amide bonds. The first-order chi connectivity index (χ1) is 15.6. The summed E-state index contributed by atoms with van der Waals surface area (Å²) in [7, 11) is 0. The molecule has 8 heteroatoms. The highest BCUT2D eigenvalue weighted by molar-refractivity contribution is 5.96. The Morgan fingerprint density at radius 2 is 1.94 bits per heavy atom. The van der Waals surface area contributed by atoms with Crippen molar-refractivity contribution >= 4 is 17.6 Å². The maximum absolute atomic E-state index is 12.0. The zero-order valence-electron chi connectivity index (χ0n) is 19.9. The van der Waals surface area contributed by atoms with E-state index in [1.54, 1.807) is 0 Å². The number of rotatable bonds is 6. The molecule has 0 radical (unpaired) electrons. The molecule has 0 bridgehead atoms. The Bertz CT molecular complexity index is 854. The normalized spacial score (nSPS) is 40.6. The third-order valence-electron chi connectivity index (χ3n) is 9.37. The molecule has 0 heterocycles. The molecule has 33 heavy (non-hydrogen) atoms. The van der Waals surface area contributed by atoms with Crippen molar-refractivity contribution in [2.45, 2.75) is 90.4 Å². The smallest absolute Gasteiger partial charge is 0.328 e. The fourth-order valence-corrected chi connectivity index (χ4v) is 7.39. The Balaban J connectivity index is 1.39. The van der Waals surface area contributed by atoms with Crippen LogP contribution in [0.15, 0.2) is 16.8 Å². The zero-order chi connectivity index (χ0) is 24.0. The fraction of sp³-hybridized carbons (Fsp3) is 0.800. The minimum Gasteiger partial charge on any atom is -0.480 e. The molecule has 0 aromatic carbocycles. The number of nitrogens with one attached hydrogen (secondary N) is 1. The number of hydrogen-bond acceptors (Lipinski definition) is 6. The summed E-state index contributed by atoms with van der Waals surface area (Å²) in [6, 6.07) is -1.38. The number of amides is 1. The number of allylic oxidation sites excluding steroid dienone is 2. The van der Waals surface area contributed by atoms with Gasteiger partial charge >= 0.3 is 5.97 Å². The molecule has 0 aromatic rings. The molecule has 4 N–H and O–H groups in total. The number of carbonyl (C=O) groups excluding carboxylic acids is 1. The topological polar surface area (TPSA) is 128 Å². The molecule has 4 aliphatic carbocycles. The number of aliphatic hydroxyl groups is 2. The summed E-state index contributed by atoms with van der Waals surface area (Å²) in [5.74, 6) is 0.00935. The Kier molecular flexibility index (Phi) is 6.62. The van der Waals surface area contributed by atoms with Gasteiger partial charge in [-0.05, 0) is 93.0 Å². The van der Waals surface area contributed by atoms with Gasteiger partial charge in [-0.3, -0.25) is 4.79 Å². The number of carboxylic acids is 1. The van der Waals surface area contributed by atoms with E-state index in [-0.39, 0.29) is 16.9 Å². The molecular weight excluding hydrogens is 424 g/mol. The SMILES string of the molecule is C[C@H](O)[C@@H](NC(=O)CO/N=C1/C=C2CC[C@H]3[C@H]4CC[C@H](O)[C@@]4(C)CC[C@H]3[C@@]2(C)CC1)C(=O)O. The van der Waals surface area contributed by atoms with Gasteiger partial charge in [-0.25, -0.2) is 4.79 Å². The quantitative estimate of drug-likeness (QED) is 0.449. The average molecular weight is 463 g/mol. The third kappa shape index (κ3) is 4.32. The second-order valence-corrected chi connectivity index (χ2v) is 11.1. The molecule has 0 unspecified atom stereocenters. The van der Waals surface area contributed by atoms with Crippen molar-refractivity contribution in [3.8, 4) is 0 Å². The first-order valence-corrected chi connectivity index (χ1v) is 12.3. The van der Waals surface area contributed by atoms with Gasteiger partial charge in [0.1, 0.15) is 0 Å². The van der Waals surface area contributed by atoms with Crippen LogP contribution in [0.5, 0.6) is 0 Å². The van der Waals surface area contributed by atoms with Gasteiger partial charge in [0.05, 0.1) is 17.9 Å². The largest absolute Gasteiger partial charge is 0.480 e. The summed E-state index contributed by atoms with van der Waals surface area (Å²) in [6.07, 6.45) is 9.11. The van der Waals surface area contributed by atoms with Crippen molar-refractivity contribution < 1.29 is 29.7 Å². The lowest BCUT2D eigenvalue weighted by molar-refractivity contribution is -0.145. The van der Waals surface area contributed by atoms with E-state index in [0.717, 1.165) is 50.7 Å². The van der Waals surface area contributed by atoms with Crippen molar-refractivity contribution in [3.05, 3.63) is 11.6 Å². The highest BCUT2D eigenvalue weighted by Crippen LogP contribution is 2.65. The highest BCUT2D eigenvalue weighted by atomic mass is 16.6. The first-order valence-electron chi connectivity index (χ1n) is 12.3. The molecule has 0 spiro atoms. The molecule has 8 atom stereocenters. The van der Waals surface area contributed by atoms with Crippen LogP contribution in [-0.2, 0) is 14.4 Å². The van der Waals surface area contributed by atoms with E-state index < -0.39 is 30.6 Å². The van der Waals surface area contributed by atoms with Crippen molar-refractivity contribution in [1.29, 1.82) is 0 Å². The Morgan fingerprint density at radius 1 is 1.18 bits per heavy atom. The van der Waals surface area contributed by atoms with Crippen LogP contribution in [-0.4, -0.2) is 57.8 Å². The van der Waals surface area contributed by atoms with E-state index in [0.29, 0.717) is 17.8 Å². The summed E-state index contributed by atoms with van der Waals surface area (Å²) < 4.78 is 0. The number of hydrogen-bond donors (Lipinski definition) is 4. The van der Waals surface area contributed by atoms with E-state index >= 15 is 0 Å². The standard InChI is InChI=1S/C25H38N2O6/c1-14(28)22(23(31)32)26-21(30)13-33-27-16-8-10-24(2)15(12-16)4-5-17-18-6-7-20(29)25(18,3)11-9-19(17)24/h12,14,17-20,22,28-29H,4-11,13H2,1-3H3,(H,26,30)(H,31,32)/b27-16+/t14-,17-,18+,19+,20-,22+,24-,25-/m0/s1. The Hall–Kier alpha value is -1.93. The van der Waals surface area contributed by atoms with Crippen LogP contribution in [0.25, 0.3) is 0 Å². The van der Waals surface area contributed by atoms with Crippen molar-refractivity contribution in [2.24, 2.45) is 33.7 Å². The number of aliphatic hydroxyl groups excluding tert-OH is 2. The predicted octanol–water partition coefficient (Wildman–Crippen LogP) is 2.63. The third-order valence-corrected chi connectivity index (χ3v) is 9.37. The van der Waals surface area contributed by atoms with Crippen LogP contribution in [0.3, 0.4) is 0 Å². The lowest BCUT2D eigenvalue weighted by atomic mass is 9.47. The Morgan fingerprint density at radius 3 is 2.64 bits per heavy atom. The summed E-state index contributed by atoms with van der Waals surface area (Å²) in [4.78, 5) is 28.3. The molecule has 8 nitrogen and oxygen atoms in total. The highest BCUT2D eigenvalue weighted by Gasteiger charge is 2.58. The van der Waals surface area contributed by atoms with Crippen molar-refractivity contribution in [1.82, 2.24) is 5.32 Å². The molecule has 3 saturated carbocycles. The lowest BCUT2D eigenvalue weighted by Crippen LogP contribution is -2.51. The van der Waals surface area contributed by atoms with Crippen LogP contribution in [0, 0.1) is 28.6 Å². The average Bonchev–Trinajstić information content (AvgIpc) is 3.06. The molecular formula is C25H38N2O6. The van der Waals surface area contributed by atoms with Crippen LogP contribution in [0.4, 0.5) is 0 Å². The van der Waals surface area contributed by atoms with E-state index in [4.69, 9.17) is 9.94 Å². The number of oxime groups is 1. The zero-order valence-corrected chi connectivity index (χ0v) is 19.9. The molecule has 3 fully saturated rings. The van der Waals surface area contributed by atoms with E-state index in [1.165, 1.54) is 18.9 Å². The van der Waals surface area contributed by atoms with Crippen LogP contribution >= 0.6 is 0 Å². The number of nitrogens with zero attached hydrogens (tertiary/aromatic N) is 1. The van der Waals surface area contributed by atoms with Crippen LogP contribution < -0.4 is 5.32 Å². The molecule has 0 aliphatic heterocycles. The summed E-state index contributed by atoms with van der Waals surface area (Å²) >= 11 is 0. The van der Waals surface area contributed by atoms with Crippen LogP contribution in [0.1, 0.15) is 72.1 Å². The van der Waals surface area contributed by atoms with Gasteiger partial charge in [-0.15, -0.1) is 0 Å². The number of carbonyl (C=O) groups is 2. The summed E-state index contributed by atoms with van der Waals surface area (Å²) in [6.45, 7) is 5.62. The van der Waals surface area contributed by atoms with Crippen LogP contribution in [0.2, 0.25) is 0 Å². The van der Waals surface area contributed by atoms with Gasteiger partial charge < -0.3 is 25.5 Å². The van der Waals surface area contributed by atoms with E-state index in [9.17, 15) is 19.8 Å². The minimum atomic E-state index is -1.38. The summed E-state index contributed by atoms with van der Waals surface area (Å²) in [5, 5.41) is 35.5. The van der Waals surface area contributed by atoms with E-state index in [1.807, 2.05) is 0 Å². The van der Waals surface area contributed by atoms with Crippen molar-refractivity contribution in [2.75, 3.05) is 6.61 Å². The lowest BCUT2D eigenvalue weighted by Gasteiger charge is -2.57. The monoisotopic (exact) mass is 462 g/mol. The van der Waals surface area contributed by atoms with Gasteiger partial charge in [0.25, 0.3) is 5.91 Å². The number of aliphatic carboxylic acids is 1. The number of carboxylic acid groups (broad SMARTS) is 1. The van der Waals surface area contributed by atoms with Gasteiger partial charge in [-0.2, -0.15) is 0 Å². The maximum Gasteiger partial charge on any atom is 0.328 e. The Labute approximate surface area is 195 Å². The second-order valence-electron chi connectivity index (χ2n) is 11.1. The fourth-order valence-electron chi connectivity index (χ4n) is 7.39. The minimum absolute atomic E-state index is 0.0852. The molecule has 4 aliphatic rings. The first kappa shape index (κ1) is 24.2. The summed E-state index contributed by atoms with van der Waals surface area (Å²) in [5.41, 5.74) is 2.47. The van der Waals surface area contributed by atoms with E-state index in [2.05, 4.69) is 30.4 Å². The van der Waals surface area contributed by atoms with Crippen molar-refractivity contribution in [3.63, 3.8) is 0 Å². The predicted molar refractivity (Wildman–Crippen MR) is 122 cm³/mol. The molecule has 0 saturated heterocycles. The number of fused-ring (bicyclic) bond motifs is 5. The van der Waals surface area contributed by atoms with Gasteiger partial charge in [0, 0.05) is 0 Å².